The van der Waals surface area contributed by atoms with E-state index >= 15 is 0 Å². The molecule has 0 spiro atoms. The summed E-state index contributed by atoms with van der Waals surface area (Å²) in [5, 5.41) is 2.55. The molecule has 0 saturated heterocycles. The lowest BCUT2D eigenvalue weighted by atomic mass is 9.90. The Bertz CT molecular complexity index is 1210. The normalized spacial score (nSPS) is 12.2. The smallest absolute Gasteiger partial charge is 0.0792 e. The molecule has 0 atom stereocenters. The van der Waals surface area contributed by atoms with Crippen molar-refractivity contribution in [1.29, 1.82) is 0 Å². The highest BCUT2D eigenvalue weighted by atomic mass is 14.7. The van der Waals surface area contributed by atoms with E-state index in [4.69, 9.17) is 4.98 Å². The molecule has 1 heterocycles. The third-order valence-corrected chi connectivity index (χ3v) is 6.03. The van der Waals surface area contributed by atoms with Gasteiger partial charge < -0.3 is 0 Å². The maximum Gasteiger partial charge on any atom is 0.0792 e. The first-order valence-corrected chi connectivity index (χ1v) is 10.2. The molecule has 0 aliphatic heterocycles. The second-order valence-corrected chi connectivity index (χ2v) is 8.49. The van der Waals surface area contributed by atoms with Gasteiger partial charge in [-0.2, -0.15) is 0 Å². The minimum atomic E-state index is 0.489. The topological polar surface area (TPSA) is 12.9 Å². The summed E-state index contributed by atoms with van der Waals surface area (Å²) in [5.74, 6) is 0.988. The van der Waals surface area contributed by atoms with E-state index in [9.17, 15) is 0 Å². The van der Waals surface area contributed by atoms with Crippen molar-refractivity contribution in [3.8, 4) is 33.5 Å². The molecule has 3 aromatic carbocycles. The summed E-state index contributed by atoms with van der Waals surface area (Å²) in [6.45, 7) is 9.05. The van der Waals surface area contributed by atoms with Gasteiger partial charge in [-0.3, -0.25) is 4.98 Å². The van der Waals surface area contributed by atoms with Crippen LogP contribution in [0.3, 0.4) is 0 Å². The molecule has 0 bridgehead atoms. The van der Waals surface area contributed by atoms with Gasteiger partial charge in [0.15, 0.2) is 0 Å². The van der Waals surface area contributed by atoms with Crippen LogP contribution in [0.25, 0.3) is 44.3 Å². The number of pyridine rings is 1. The van der Waals surface area contributed by atoms with E-state index in [2.05, 4.69) is 88.4 Å². The third-order valence-electron chi connectivity index (χ3n) is 6.03. The van der Waals surface area contributed by atoms with E-state index in [1.165, 1.54) is 49.7 Å². The molecule has 4 aromatic rings. The van der Waals surface area contributed by atoms with E-state index in [1.807, 2.05) is 6.20 Å². The molecule has 28 heavy (non-hydrogen) atoms. The first-order chi connectivity index (χ1) is 13.5. The average molecular weight is 364 g/mol. The largest absolute Gasteiger partial charge is 0.256 e. The van der Waals surface area contributed by atoms with Crippen molar-refractivity contribution in [2.75, 3.05) is 0 Å². The zero-order valence-electron chi connectivity index (χ0n) is 17.0. The number of hydrogen-bond donors (Lipinski definition) is 0. The van der Waals surface area contributed by atoms with Gasteiger partial charge in [0.2, 0.25) is 0 Å². The van der Waals surface area contributed by atoms with Crippen molar-refractivity contribution < 1.29 is 0 Å². The van der Waals surface area contributed by atoms with E-state index in [-0.39, 0.29) is 0 Å². The number of benzene rings is 3. The van der Waals surface area contributed by atoms with Crippen molar-refractivity contribution in [1.82, 2.24) is 4.98 Å². The summed E-state index contributed by atoms with van der Waals surface area (Å²) in [6, 6.07) is 22.6. The Hall–Kier alpha value is -2.93. The van der Waals surface area contributed by atoms with Crippen molar-refractivity contribution in [3.05, 3.63) is 78.0 Å². The molecule has 0 amide bonds. The van der Waals surface area contributed by atoms with Gasteiger partial charge in [-0.1, -0.05) is 82.3 Å². The Morgan fingerprint density at radius 2 is 1.29 bits per heavy atom. The maximum atomic E-state index is 4.87. The monoisotopic (exact) mass is 363 g/mol. The summed E-state index contributed by atoms with van der Waals surface area (Å²) in [7, 11) is 0. The Morgan fingerprint density at radius 1 is 0.607 bits per heavy atom. The predicted molar refractivity (Wildman–Crippen MR) is 120 cm³/mol. The number of fused-ring (bicyclic) bond motifs is 5. The molecule has 0 N–H and O–H groups in total. The summed E-state index contributed by atoms with van der Waals surface area (Å²) < 4.78 is 0. The van der Waals surface area contributed by atoms with Gasteiger partial charge in [0.1, 0.15) is 0 Å². The van der Waals surface area contributed by atoms with Crippen LogP contribution in [0.2, 0.25) is 0 Å². The molecule has 1 aliphatic rings. The lowest BCUT2D eigenvalue weighted by Crippen LogP contribution is -1.93. The van der Waals surface area contributed by atoms with Gasteiger partial charge >= 0.3 is 0 Å². The van der Waals surface area contributed by atoms with Gasteiger partial charge in [-0.05, 0) is 56.7 Å². The number of hydrogen-bond acceptors (Lipinski definition) is 1. The fourth-order valence-corrected chi connectivity index (χ4v) is 4.39. The highest BCUT2D eigenvalue weighted by Gasteiger charge is 2.23. The summed E-state index contributed by atoms with van der Waals surface area (Å²) in [6.07, 6.45) is 1.96. The fraction of sp³-hybridized carbons (Fsp3) is 0.222. The van der Waals surface area contributed by atoms with Gasteiger partial charge in [-0.25, -0.2) is 0 Å². The Kier molecular flexibility index (Phi) is 3.87. The zero-order valence-corrected chi connectivity index (χ0v) is 17.0. The zero-order chi connectivity index (χ0) is 19.4. The van der Waals surface area contributed by atoms with E-state index < -0.39 is 0 Å². The Balaban J connectivity index is 1.97. The molecule has 1 nitrogen and oxygen atoms in total. The third kappa shape index (κ3) is 2.50. The molecule has 0 fully saturated rings. The average Bonchev–Trinajstić information content (AvgIpc) is 2.83. The van der Waals surface area contributed by atoms with E-state index in [0.29, 0.717) is 11.8 Å². The Labute approximate surface area is 167 Å². The molecule has 0 saturated carbocycles. The van der Waals surface area contributed by atoms with Crippen LogP contribution in [0, 0.1) is 0 Å². The predicted octanol–water partition coefficient (Wildman–Crippen LogP) is 7.80. The van der Waals surface area contributed by atoms with Crippen LogP contribution in [0.15, 0.2) is 66.9 Å². The van der Waals surface area contributed by atoms with Crippen LogP contribution in [0.4, 0.5) is 0 Å². The van der Waals surface area contributed by atoms with Crippen molar-refractivity contribution in [2.45, 2.75) is 39.5 Å². The second-order valence-electron chi connectivity index (χ2n) is 8.49. The van der Waals surface area contributed by atoms with Crippen molar-refractivity contribution in [2.24, 2.45) is 0 Å². The lowest BCUT2D eigenvalue weighted by Gasteiger charge is -2.14. The minimum Gasteiger partial charge on any atom is -0.256 e. The molecular formula is C27H25N. The van der Waals surface area contributed by atoms with Gasteiger partial charge in [0.05, 0.1) is 5.69 Å². The van der Waals surface area contributed by atoms with Crippen LogP contribution in [0.1, 0.15) is 50.7 Å². The molecule has 0 radical (unpaired) electrons. The maximum absolute atomic E-state index is 4.87. The van der Waals surface area contributed by atoms with Crippen molar-refractivity contribution in [3.63, 3.8) is 0 Å². The summed E-state index contributed by atoms with van der Waals surface area (Å²) >= 11 is 0. The summed E-state index contributed by atoms with van der Waals surface area (Å²) in [5.41, 5.74) is 10.3. The minimum absolute atomic E-state index is 0.489. The number of nitrogens with zero attached hydrogens (tertiary/aromatic N) is 1. The van der Waals surface area contributed by atoms with Crippen LogP contribution in [0.5, 0.6) is 0 Å². The van der Waals surface area contributed by atoms with Gasteiger partial charge in [0, 0.05) is 17.1 Å². The van der Waals surface area contributed by atoms with Crippen LogP contribution >= 0.6 is 0 Å². The lowest BCUT2D eigenvalue weighted by molar-refractivity contribution is 0.867. The molecule has 138 valence electrons. The Morgan fingerprint density at radius 3 is 2.00 bits per heavy atom. The quantitative estimate of drug-likeness (QED) is 0.312. The van der Waals surface area contributed by atoms with E-state index in [0.717, 1.165) is 5.69 Å². The molecular weight excluding hydrogens is 338 g/mol. The summed E-state index contributed by atoms with van der Waals surface area (Å²) in [4.78, 5) is 4.87. The number of rotatable bonds is 2. The van der Waals surface area contributed by atoms with Crippen LogP contribution < -0.4 is 0 Å². The highest BCUT2D eigenvalue weighted by molar-refractivity contribution is 6.12. The molecule has 5 rings (SSSR count). The first kappa shape index (κ1) is 17.2. The standard InChI is InChI=1S/C27H25N/c1-16(2)18-9-10-23-24(14-18)21-7-5-6-8-22(21)25-15-20(17(3)4)13-19-11-12-28-27(23)26(19)25/h5-17H,1-4H3. The van der Waals surface area contributed by atoms with Gasteiger partial charge in [-0.15, -0.1) is 0 Å². The number of aromatic nitrogens is 1. The highest BCUT2D eigenvalue weighted by Crippen LogP contribution is 2.47. The SMILES string of the molecule is CC(C)c1ccc2c(c1)-c1ccccc1-c1cc(C(C)C)cc3ccnc-2c13. The van der Waals surface area contributed by atoms with E-state index in [1.54, 1.807) is 0 Å². The molecule has 1 aliphatic carbocycles. The first-order valence-electron chi connectivity index (χ1n) is 10.2. The van der Waals surface area contributed by atoms with Gasteiger partial charge in [0.25, 0.3) is 0 Å². The van der Waals surface area contributed by atoms with Crippen LogP contribution in [-0.4, -0.2) is 4.98 Å². The van der Waals surface area contributed by atoms with Crippen molar-refractivity contribution >= 4 is 10.8 Å². The second kappa shape index (κ2) is 6.31. The van der Waals surface area contributed by atoms with Crippen LogP contribution in [-0.2, 0) is 0 Å². The molecule has 1 heteroatoms. The molecule has 0 unspecified atom stereocenters. The fourth-order valence-electron chi connectivity index (χ4n) is 4.39. The molecule has 1 aromatic heterocycles.